The van der Waals surface area contributed by atoms with Crippen LogP contribution in [0.15, 0.2) is 62.6 Å². The Morgan fingerprint density at radius 1 is 1.04 bits per heavy atom. The summed E-state index contributed by atoms with van der Waals surface area (Å²) in [6, 6.07) is 11.3. The van der Waals surface area contributed by atoms with Gasteiger partial charge in [-0.2, -0.15) is 8.42 Å². The van der Waals surface area contributed by atoms with Crippen LogP contribution in [-0.2, 0) is 14.9 Å². The van der Waals surface area contributed by atoms with Gasteiger partial charge in [0.1, 0.15) is 16.2 Å². The molecule has 0 atom stereocenters. The number of rotatable bonds is 4. The van der Waals surface area contributed by atoms with Crippen molar-refractivity contribution < 1.29 is 26.5 Å². The number of benzene rings is 2. The van der Waals surface area contributed by atoms with Gasteiger partial charge in [-0.15, -0.1) is 0 Å². The molecule has 3 rings (SSSR count). The van der Waals surface area contributed by atoms with Crippen molar-refractivity contribution in [1.82, 2.24) is 0 Å². The van der Waals surface area contributed by atoms with Crippen LogP contribution < -0.4 is 9.81 Å². The summed E-state index contributed by atoms with van der Waals surface area (Å²) in [5.74, 6) is -0.677. The highest BCUT2D eigenvalue weighted by Gasteiger charge is 2.22. The molecule has 3 aromatic rings. The molecule has 2 aromatic carbocycles. The van der Waals surface area contributed by atoms with E-state index < -0.39 is 21.7 Å². The lowest BCUT2D eigenvalue weighted by Crippen LogP contribution is -2.13. The number of ether oxygens (including phenoxy) is 1. The molecule has 8 heteroatoms. The number of fused-ring (bicyclic) bond motifs is 1. The molecule has 0 amide bonds. The molecule has 0 radical (unpaired) electrons. The number of esters is 1. The van der Waals surface area contributed by atoms with Gasteiger partial charge in [0.15, 0.2) is 0 Å². The minimum atomic E-state index is -4.21. The average molecular weight is 374 g/mol. The third kappa shape index (κ3) is 3.45. The molecule has 0 saturated carbocycles. The van der Waals surface area contributed by atoms with Crippen LogP contribution in [0.1, 0.15) is 15.9 Å². The van der Waals surface area contributed by atoms with E-state index in [0.717, 1.165) is 0 Å². The Morgan fingerprint density at radius 3 is 2.50 bits per heavy atom. The van der Waals surface area contributed by atoms with Crippen molar-refractivity contribution in [2.75, 3.05) is 7.11 Å². The maximum atomic E-state index is 12.6. The highest BCUT2D eigenvalue weighted by atomic mass is 32.2. The quantitative estimate of drug-likeness (QED) is 0.393. The molecule has 0 spiro atoms. The van der Waals surface area contributed by atoms with Gasteiger partial charge < -0.3 is 13.3 Å². The predicted octanol–water partition coefficient (Wildman–Crippen LogP) is 2.66. The Morgan fingerprint density at radius 2 is 1.77 bits per heavy atom. The van der Waals surface area contributed by atoms with Gasteiger partial charge in [0, 0.05) is 17.5 Å². The molecule has 0 bridgehead atoms. The second-order valence-electron chi connectivity index (χ2n) is 5.46. The van der Waals surface area contributed by atoms with Gasteiger partial charge in [0.2, 0.25) is 0 Å². The summed E-state index contributed by atoms with van der Waals surface area (Å²) in [4.78, 5) is 22.8. The van der Waals surface area contributed by atoms with Gasteiger partial charge >= 0.3 is 21.7 Å². The molecule has 134 valence electrons. The zero-order valence-electron chi connectivity index (χ0n) is 13.9. The molecule has 0 unspecified atom stereocenters. The minimum Gasteiger partial charge on any atom is -0.465 e. The first-order valence-electron chi connectivity index (χ1n) is 7.47. The van der Waals surface area contributed by atoms with Crippen LogP contribution in [0.3, 0.4) is 0 Å². The molecule has 0 N–H and O–H groups in total. The van der Waals surface area contributed by atoms with Crippen molar-refractivity contribution in [3.63, 3.8) is 0 Å². The van der Waals surface area contributed by atoms with Crippen molar-refractivity contribution in [1.29, 1.82) is 0 Å². The summed E-state index contributed by atoms with van der Waals surface area (Å²) in [6.07, 6.45) is 0. The average Bonchev–Trinajstić information content (AvgIpc) is 2.60. The van der Waals surface area contributed by atoms with Crippen LogP contribution in [0.25, 0.3) is 11.0 Å². The fraction of sp³-hybridized carbons (Fsp3) is 0.111. The van der Waals surface area contributed by atoms with Crippen molar-refractivity contribution in [3.8, 4) is 5.75 Å². The number of methoxy groups -OCH3 is 1. The smallest absolute Gasteiger partial charge is 0.339 e. The molecule has 0 aliphatic carbocycles. The van der Waals surface area contributed by atoms with E-state index in [1.807, 2.05) is 0 Å². The molecule has 0 saturated heterocycles. The zero-order valence-corrected chi connectivity index (χ0v) is 14.7. The lowest BCUT2D eigenvalue weighted by molar-refractivity contribution is 0.0600. The largest absolute Gasteiger partial charge is 0.465 e. The first kappa shape index (κ1) is 17.7. The lowest BCUT2D eigenvalue weighted by atomic mass is 10.1. The van der Waals surface area contributed by atoms with E-state index in [4.69, 9.17) is 8.60 Å². The van der Waals surface area contributed by atoms with Crippen molar-refractivity contribution in [2.45, 2.75) is 11.8 Å². The maximum Gasteiger partial charge on any atom is 0.339 e. The third-order valence-corrected chi connectivity index (χ3v) is 5.07. The molecule has 7 nitrogen and oxygen atoms in total. The van der Waals surface area contributed by atoms with E-state index >= 15 is 0 Å². The van der Waals surface area contributed by atoms with Crippen molar-refractivity contribution >= 4 is 27.1 Å². The topological polar surface area (TPSA) is 99.9 Å². The van der Waals surface area contributed by atoms with Gasteiger partial charge in [0.05, 0.1) is 12.7 Å². The predicted molar refractivity (Wildman–Crippen MR) is 92.8 cm³/mol. The molecular weight excluding hydrogens is 360 g/mol. The van der Waals surface area contributed by atoms with E-state index in [1.54, 1.807) is 19.1 Å². The van der Waals surface area contributed by atoms with Gasteiger partial charge in [-0.3, -0.25) is 0 Å². The number of carbonyl (C=O) groups is 1. The molecular formula is C18H14O7S. The highest BCUT2D eigenvalue weighted by molar-refractivity contribution is 7.87. The van der Waals surface area contributed by atoms with Crippen LogP contribution >= 0.6 is 0 Å². The summed E-state index contributed by atoms with van der Waals surface area (Å²) in [5.41, 5.74) is 0.138. The van der Waals surface area contributed by atoms with Crippen molar-refractivity contribution in [3.05, 3.63) is 70.1 Å². The second-order valence-corrected chi connectivity index (χ2v) is 6.98. The van der Waals surface area contributed by atoms with Crippen LogP contribution in [0, 0.1) is 6.92 Å². The Bertz CT molecular complexity index is 1160. The normalized spacial score (nSPS) is 11.3. The molecule has 0 fully saturated rings. The van der Waals surface area contributed by atoms with E-state index in [9.17, 15) is 18.0 Å². The van der Waals surface area contributed by atoms with E-state index in [-0.39, 0.29) is 21.8 Å². The number of hydrogen-bond acceptors (Lipinski definition) is 7. The summed E-state index contributed by atoms with van der Waals surface area (Å²) in [5, 5.41) is 0.623. The van der Waals surface area contributed by atoms with Crippen LogP contribution in [0.4, 0.5) is 0 Å². The standard InChI is InChI=1S/C18H14O7S/c1-11-3-4-13(18(20)23-2)9-16(11)26(21,22)25-14-7-5-12-6-8-17(19)24-15(12)10-14/h3-10H,1-2H3. The van der Waals surface area contributed by atoms with Gasteiger partial charge in [-0.25, -0.2) is 9.59 Å². The molecule has 0 aliphatic rings. The number of carbonyl (C=O) groups excluding carboxylic acids is 1. The monoisotopic (exact) mass is 374 g/mol. The molecule has 0 aliphatic heterocycles. The fourth-order valence-corrected chi connectivity index (χ4v) is 3.56. The van der Waals surface area contributed by atoms with Gasteiger partial charge in [-0.05, 0) is 42.8 Å². The Kier molecular flexibility index (Phi) is 4.52. The first-order chi connectivity index (χ1) is 12.3. The number of hydrogen-bond donors (Lipinski definition) is 0. The van der Waals surface area contributed by atoms with Gasteiger partial charge in [-0.1, -0.05) is 6.07 Å². The molecule has 1 heterocycles. The number of aryl methyl sites for hydroxylation is 1. The summed E-state index contributed by atoms with van der Waals surface area (Å²) in [7, 11) is -3.01. The van der Waals surface area contributed by atoms with Crippen LogP contribution in [0.5, 0.6) is 5.75 Å². The van der Waals surface area contributed by atoms with E-state index in [1.165, 1.54) is 43.5 Å². The molecule has 1 aromatic heterocycles. The summed E-state index contributed by atoms with van der Waals surface area (Å²) in [6.45, 7) is 1.58. The molecule has 26 heavy (non-hydrogen) atoms. The zero-order chi connectivity index (χ0) is 18.9. The van der Waals surface area contributed by atoms with E-state index in [2.05, 4.69) is 4.74 Å². The SMILES string of the molecule is COC(=O)c1ccc(C)c(S(=O)(=O)Oc2ccc3ccc(=O)oc3c2)c1. The lowest BCUT2D eigenvalue weighted by Gasteiger charge is -2.11. The Labute approximate surface area is 148 Å². The summed E-state index contributed by atoms with van der Waals surface area (Å²) >= 11 is 0. The Balaban J connectivity index is 2.01. The maximum absolute atomic E-state index is 12.6. The van der Waals surface area contributed by atoms with Crippen LogP contribution in [0.2, 0.25) is 0 Å². The van der Waals surface area contributed by atoms with E-state index in [0.29, 0.717) is 10.9 Å². The minimum absolute atomic E-state index is 0.0188. The second kappa shape index (κ2) is 6.64. The Hall–Kier alpha value is -3.13. The fourth-order valence-electron chi connectivity index (χ4n) is 2.38. The van der Waals surface area contributed by atoms with Crippen molar-refractivity contribution in [2.24, 2.45) is 0 Å². The van der Waals surface area contributed by atoms with Crippen LogP contribution in [-0.4, -0.2) is 21.5 Å². The highest BCUT2D eigenvalue weighted by Crippen LogP contribution is 2.25. The summed E-state index contributed by atoms with van der Waals surface area (Å²) < 4.78 is 40.0. The first-order valence-corrected chi connectivity index (χ1v) is 8.88. The van der Waals surface area contributed by atoms with Gasteiger partial charge in [0.25, 0.3) is 0 Å². The third-order valence-electron chi connectivity index (χ3n) is 3.68.